The summed E-state index contributed by atoms with van der Waals surface area (Å²) in [5.41, 5.74) is 0.973. The molecule has 25 heavy (non-hydrogen) atoms. The van der Waals surface area contributed by atoms with Gasteiger partial charge < -0.3 is 14.0 Å². The van der Waals surface area contributed by atoms with Crippen molar-refractivity contribution in [3.8, 4) is 5.75 Å². The van der Waals surface area contributed by atoms with Gasteiger partial charge in [0.05, 0.1) is 11.2 Å². The van der Waals surface area contributed by atoms with Gasteiger partial charge in [-0.1, -0.05) is 40.2 Å². The highest BCUT2D eigenvalue weighted by Crippen LogP contribution is 2.36. The Bertz CT molecular complexity index is 763. The van der Waals surface area contributed by atoms with Gasteiger partial charge in [0.15, 0.2) is 11.6 Å². The molecule has 1 fully saturated rings. The molecule has 1 heterocycles. The van der Waals surface area contributed by atoms with Gasteiger partial charge in [0.2, 0.25) is 0 Å². The van der Waals surface area contributed by atoms with Gasteiger partial charge in [0.1, 0.15) is 6.61 Å². The molecule has 6 heteroatoms. The fraction of sp³-hybridized carbons (Fsp3) is 0.368. The highest BCUT2D eigenvalue weighted by Gasteiger charge is 2.52. The van der Waals surface area contributed by atoms with Crippen LogP contribution in [0.4, 0.5) is 4.39 Å². The fourth-order valence-electron chi connectivity index (χ4n) is 2.61. The molecule has 0 aliphatic carbocycles. The van der Waals surface area contributed by atoms with Crippen molar-refractivity contribution in [3.05, 3.63) is 58.3 Å². The third kappa shape index (κ3) is 3.76. The Kier molecular flexibility index (Phi) is 4.97. The Morgan fingerprint density at radius 2 is 1.68 bits per heavy atom. The van der Waals surface area contributed by atoms with Crippen molar-refractivity contribution < 1.29 is 18.4 Å². The Morgan fingerprint density at radius 3 is 2.36 bits per heavy atom. The van der Waals surface area contributed by atoms with Gasteiger partial charge in [-0.05, 0) is 56.9 Å². The molecule has 0 aromatic heterocycles. The number of hydrogen-bond donors (Lipinski definition) is 0. The number of rotatable bonds is 4. The van der Waals surface area contributed by atoms with Crippen molar-refractivity contribution in [1.82, 2.24) is 0 Å². The molecule has 0 N–H and O–H groups in total. The molecule has 1 aliphatic heterocycles. The van der Waals surface area contributed by atoms with E-state index in [1.54, 1.807) is 12.1 Å². The number of benzene rings is 2. The lowest BCUT2D eigenvalue weighted by Gasteiger charge is -2.32. The third-order valence-corrected chi connectivity index (χ3v) is 5.33. The topological polar surface area (TPSA) is 27.7 Å². The zero-order chi connectivity index (χ0) is 18.2. The van der Waals surface area contributed by atoms with E-state index < -0.39 is 24.1 Å². The Balaban J connectivity index is 1.82. The number of ether oxygens (including phenoxy) is 1. The van der Waals surface area contributed by atoms with Gasteiger partial charge in [-0.3, -0.25) is 0 Å². The second kappa shape index (κ2) is 6.74. The van der Waals surface area contributed by atoms with Gasteiger partial charge in [0, 0.05) is 4.47 Å². The minimum absolute atomic E-state index is 0.207. The number of hydrogen-bond acceptors (Lipinski definition) is 3. The van der Waals surface area contributed by atoms with Crippen LogP contribution in [0.1, 0.15) is 33.3 Å². The Hall–Kier alpha value is -1.37. The molecule has 0 amide bonds. The summed E-state index contributed by atoms with van der Waals surface area (Å²) in [6.45, 7) is 8.30. The van der Waals surface area contributed by atoms with E-state index in [9.17, 15) is 4.39 Å². The monoisotopic (exact) mass is 406 g/mol. The largest absolute Gasteiger partial charge is 0.495 e. The molecule has 1 aliphatic rings. The third-order valence-electron chi connectivity index (χ3n) is 4.84. The predicted molar refractivity (Wildman–Crippen MR) is 101 cm³/mol. The summed E-state index contributed by atoms with van der Waals surface area (Å²) in [7, 11) is -0.475. The Labute approximate surface area is 156 Å². The second-order valence-corrected chi connectivity index (χ2v) is 8.07. The SMILES string of the molecule is CC1(C)OB(c2ccccc2COc2cc(Br)ccc2F)OC1(C)C. The van der Waals surface area contributed by atoms with Crippen molar-refractivity contribution >= 4 is 28.5 Å². The van der Waals surface area contributed by atoms with E-state index in [0.717, 1.165) is 15.5 Å². The van der Waals surface area contributed by atoms with Crippen LogP contribution in [0.3, 0.4) is 0 Å². The van der Waals surface area contributed by atoms with Crippen LogP contribution in [0.15, 0.2) is 46.9 Å². The van der Waals surface area contributed by atoms with Crippen LogP contribution in [0.5, 0.6) is 5.75 Å². The average Bonchev–Trinajstić information content (AvgIpc) is 2.76. The summed E-state index contributed by atoms with van der Waals surface area (Å²) in [5.74, 6) is -0.186. The summed E-state index contributed by atoms with van der Waals surface area (Å²) >= 11 is 3.33. The molecule has 0 spiro atoms. The molecular weight excluding hydrogens is 386 g/mol. The summed E-state index contributed by atoms with van der Waals surface area (Å²) in [4.78, 5) is 0. The Morgan fingerprint density at radius 1 is 1.04 bits per heavy atom. The first-order valence-electron chi connectivity index (χ1n) is 8.21. The van der Waals surface area contributed by atoms with Crippen LogP contribution < -0.4 is 10.2 Å². The molecule has 132 valence electrons. The predicted octanol–water partition coefficient (Wildman–Crippen LogP) is 4.47. The molecule has 0 unspecified atom stereocenters. The standard InChI is InChI=1S/C19H21BBrFO3/c1-18(2)19(3,4)25-20(24-18)15-8-6-5-7-13(15)12-23-17-11-14(21)9-10-16(17)22/h5-11H,12H2,1-4H3. The maximum Gasteiger partial charge on any atom is 0.495 e. The average molecular weight is 407 g/mol. The van der Waals surface area contributed by atoms with E-state index in [2.05, 4.69) is 15.9 Å². The van der Waals surface area contributed by atoms with Crippen LogP contribution in [-0.2, 0) is 15.9 Å². The van der Waals surface area contributed by atoms with E-state index in [4.69, 9.17) is 14.0 Å². The lowest BCUT2D eigenvalue weighted by Crippen LogP contribution is -2.41. The van der Waals surface area contributed by atoms with E-state index >= 15 is 0 Å². The zero-order valence-electron chi connectivity index (χ0n) is 14.8. The second-order valence-electron chi connectivity index (χ2n) is 7.15. The molecule has 2 aromatic carbocycles. The molecule has 0 radical (unpaired) electrons. The molecule has 3 rings (SSSR count). The van der Waals surface area contributed by atoms with Gasteiger partial charge in [0.25, 0.3) is 0 Å². The molecular formula is C19H21BBrFO3. The van der Waals surface area contributed by atoms with Crippen molar-refractivity contribution in [2.24, 2.45) is 0 Å². The van der Waals surface area contributed by atoms with E-state index in [-0.39, 0.29) is 12.4 Å². The minimum Gasteiger partial charge on any atom is -0.486 e. The highest BCUT2D eigenvalue weighted by molar-refractivity contribution is 9.10. The molecule has 3 nitrogen and oxygen atoms in total. The van der Waals surface area contributed by atoms with Gasteiger partial charge in [-0.25, -0.2) is 4.39 Å². The van der Waals surface area contributed by atoms with Crippen molar-refractivity contribution in [2.75, 3.05) is 0 Å². The molecule has 0 atom stereocenters. The number of halogens is 2. The highest BCUT2D eigenvalue weighted by atomic mass is 79.9. The summed E-state index contributed by atoms with van der Waals surface area (Å²) in [5, 5.41) is 0. The van der Waals surface area contributed by atoms with Crippen molar-refractivity contribution in [2.45, 2.75) is 45.5 Å². The van der Waals surface area contributed by atoms with Crippen molar-refractivity contribution in [1.29, 1.82) is 0 Å². The maximum atomic E-state index is 13.9. The van der Waals surface area contributed by atoms with Crippen LogP contribution >= 0.6 is 15.9 Å². The van der Waals surface area contributed by atoms with E-state index in [0.29, 0.717) is 0 Å². The van der Waals surface area contributed by atoms with Crippen LogP contribution in [-0.4, -0.2) is 18.3 Å². The molecule has 0 bridgehead atoms. The lowest BCUT2D eigenvalue weighted by atomic mass is 9.76. The van der Waals surface area contributed by atoms with Crippen LogP contribution in [0, 0.1) is 5.82 Å². The molecule has 2 aromatic rings. The van der Waals surface area contributed by atoms with Crippen LogP contribution in [0.2, 0.25) is 0 Å². The van der Waals surface area contributed by atoms with Crippen molar-refractivity contribution in [3.63, 3.8) is 0 Å². The smallest absolute Gasteiger partial charge is 0.486 e. The zero-order valence-corrected chi connectivity index (χ0v) is 16.4. The molecule has 0 saturated carbocycles. The van der Waals surface area contributed by atoms with Gasteiger partial charge in [-0.15, -0.1) is 0 Å². The summed E-state index contributed by atoms with van der Waals surface area (Å²) < 4.78 is 32.6. The summed E-state index contributed by atoms with van der Waals surface area (Å²) in [6, 6.07) is 12.4. The quantitative estimate of drug-likeness (QED) is 0.701. The lowest BCUT2D eigenvalue weighted by molar-refractivity contribution is 0.00578. The van der Waals surface area contributed by atoms with Gasteiger partial charge in [-0.2, -0.15) is 0 Å². The van der Waals surface area contributed by atoms with E-state index in [1.807, 2.05) is 52.0 Å². The fourth-order valence-corrected chi connectivity index (χ4v) is 2.95. The first-order chi connectivity index (χ1) is 11.7. The summed E-state index contributed by atoms with van der Waals surface area (Å²) in [6.07, 6.45) is 0. The normalized spacial score (nSPS) is 18.4. The first kappa shape index (κ1) is 18.4. The minimum atomic E-state index is -0.475. The molecule has 1 saturated heterocycles. The maximum absolute atomic E-state index is 13.9. The first-order valence-corrected chi connectivity index (χ1v) is 9.00. The van der Waals surface area contributed by atoms with Gasteiger partial charge >= 0.3 is 7.12 Å². The van der Waals surface area contributed by atoms with E-state index in [1.165, 1.54) is 6.07 Å². The van der Waals surface area contributed by atoms with Crippen LogP contribution in [0.25, 0.3) is 0 Å².